The van der Waals surface area contributed by atoms with Crippen molar-refractivity contribution in [2.75, 3.05) is 31.7 Å². The Bertz CT molecular complexity index is 343. The van der Waals surface area contributed by atoms with E-state index in [1.54, 1.807) is 7.11 Å². The van der Waals surface area contributed by atoms with Gasteiger partial charge in [-0.1, -0.05) is 19.0 Å². The van der Waals surface area contributed by atoms with E-state index in [2.05, 4.69) is 28.9 Å². The Morgan fingerprint density at radius 1 is 1.41 bits per heavy atom. The molecule has 1 aliphatic heterocycles. The Morgan fingerprint density at radius 2 is 2.12 bits per heavy atom. The number of aromatic nitrogens is 2. The lowest BCUT2D eigenvalue weighted by atomic mass is 9.98. The van der Waals surface area contributed by atoms with Gasteiger partial charge in [-0.2, -0.15) is 4.98 Å². The predicted octanol–water partition coefficient (Wildman–Crippen LogP) is 2.06. The molecule has 96 valence electrons. The van der Waals surface area contributed by atoms with Crippen molar-refractivity contribution in [1.29, 1.82) is 0 Å². The van der Waals surface area contributed by atoms with Gasteiger partial charge in [0, 0.05) is 32.7 Å². The number of hydrogen-bond donors (Lipinski definition) is 0. The highest BCUT2D eigenvalue weighted by Gasteiger charge is 2.23. The Morgan fingerprint density at radius 3 is 2.65 bits per heavy atom. The smallest absolute Gasteiger partial charge is 0.324 e. The summed E-state index contributed by atoms with van der Waals surface area (Å²) < 4.78 is 10.5. The van der Waals surface area contributed by atoms with E-state index in [0.29, 0.717) is 17.9 Å². The summed E-state index contributed by atoms with van der Waals surface area (Å²) in [6.45, 7) is 6.95. The third-order valence-electron chi connectivity index (χ3n) is 3.23. The van der Waals surface area contributed by atoms with Crippen LogP contribution in [0.4, 0.5) is 6.01 Å². The molecule has 1 aliphatic rings. The standard InChI is InChI=1S/C12H21N3O2/c1-9(2)11-13-12(17-14-11)15-6-4-10(5-7-15)8-16-3/h9-10H,4-8H2,1-3H3. The van der Waals surface area contributed by atoms with Gasteiger partial charge in [-0.25, -0.2) is 0 Å². The van der Waals surface area contributed by atoms with Crippen molar-refractivity contribution >= 4 is 6.01 Å². The zero-order chi connectivity index (χ0) is 12.3. The topological polar surface area (TPSA) is 51.4 Å². The number of piperidine rings is 1. The first-order valence-electron chi connectivity index (χ1n) is 6.28. The van der Waals surface area contributed by atoms with Gasteiger partial charge in [-0.15, -0.1) is 0 Å². The molecule has 2 heterocycles. The van der Waals surface area contributed by atoms with Crippen LogP contribution in [0.25, 0.3) is 0 Å². The second kappa shape index (κ2) is 5.49. The summed E-state index contributed by atoms with van der Waals surface area (Å²) in [5.41, 5.74) is 0. The Balaban J connectivity index is 1.91. The second-order valence-corrected chi connectivity index (χ2v) is 4.98. The van der Waals surface area contributed by atoms with Crippen LogP contribution in [0.3, 0.4) is 0 Å². The van der Waals surface area contributed by atoms with Gasteiger partial charge in [-0.05, 0) is 18.8 Å². The molecule has 1 aromatic heterocycles. The first-order chi connectivity index (χ1) is 8.20. The van der Waals surface area contributed by atoms with E-state index in [4.69, 9.17) is 9.26 Å². The van der Waals surface area contributed by atoms with E-state index in [1.807, 2.05) is 0 Å². The second-order valence-electron chi connectivity index (χ2n) is 4.98. The monoisotopic (exact) mass is 239 g/mol. The molecule has 0 spiro atoms. The molecule has 0 aromatic carbocycles. The number of hydrogen-bond acceptors (Lipinski definition) is 5. The molecule has 0 unspecified atom stereocenters. The number of ether oxygens (including phenoxy) is 1. The molecule has 0 radical (unpaired) electrons. The molecule has 5 heteroatoms. The molecule has 2 rings (SSSR count). The summed E-state index contributed by atoms with van der Waals surface area (Å²) in [5.74, 6) is 1.78. The fourth-order valence-corrected chi connectivity index (χ4v) is 2.12. The summed E-state index contributed by atoms with van der Waals surface area (Å²) in [5, 5.41) is 3.99. The summed E-state index contributed by atoms with van der Waals surface area (Å²) >= 11 is 0. The third-order valence-corrected chi connectivity index (χ3v) is 3.23. The van der Waals surface area contributed by atoms with E-state index in [1.165, 1.54) is 0 Å². The van der Waals surface area contributed by atoms with Crippen LogP contribution in [0.15, 0.2) is 4.52 Å². The van der Waals surface area contributed by atoms with Crippen molar-refractivity contribution in [3.05, 3.63) is 5.82 Å². The molecule has 17 heavy (non-hydrogen) atoms. The number of rotatable bonds is 4. The maximum Gasteiger partial charge on any atom is 0.324 e. The van der Waals surface area contributed by atoms with Crippen LogP contribution >= 0.6 is 0 Å². The van der Waals surface area contributed by atoms with E-state index in [-0.39, 0.29) is 0 Å². The average Bonchev–Trinajstić information content (AvgIpc) is 2.80. The Hall–Kier alpha value is -1.10. The normalized spacial score (nSPS) is 18.0. The van der Waals surface area contributed by atoms with E-state index < -0.39 is 0 Å². The van der Waals surface area contributed by atoms with Crippen LogP contribution in [-0.4, -0.2) is 36.9 Å². The van der Waals surface area contributed by atoms with Gasteiger partial charge in [0.1, 0.15) is 0 Å². The lowest BCUT2D eigenvalue weighted by Crippen LogP contribution is -2.35. The third kappa shape index (κ3) is 2.97. The summed E-state index contributed by atoms with van der Waals surface area (Å²) in [6.07, 6.45) is 2.26. The van der Waals surface area contributed by atoms with Gasteiger partial charge in [0.05, 0.1) is 0 Å². The zero-order valence-corrected chi connectivity index (χ0v) is 10.8. The highest BCUT2D eigenvalue weighted by molar-refractivity contribution is 5.26. The minimum Gasteiger partial charge on any atom is -0.384 e. The SMILES string of the molecule is COCC1CCN(c2nc(C(C)C)no2)CC1. The molecule has 0 saturated carbocycles. The van der Waals surface area contributed by atoms with Crippen molar-refractivity contribution in [2.24, 2.45) is 5.92 Å². The molecule has 0 atom stereocenters. The van der Waals surface area contributed by atoms with E-state index in [0.717, 1.165) is 38.4 Å². The van der Waals surface area contributed by atoms with Crippen molar-refractivity contribution in [3.63, 3.8) is 0 Å². The molecule has 0 amide bonds. The highest BCUT2D eigenvalue weighted by atomic mass is 16.5. The number of nitrogens with zero attached hydrogens (tertiary/aromatic N) is 3. The summed E-state index contributed by atoms with van der Waals surface area (Å²) in [7, 11) is 1.76. The van der Waals surface area contributed by atoms with Gasteiger partial charge in [0.15, 0.2) is 5.82 Å². The molecule has 1 fully saturated rings. The molecular weight excluding hydrogens is 218 g/mol. The maximum atomic E-state index is 5.29. The van der Waals surface area contributed by atoms with Gasteiger partial charge in [0.25, 0.3) is 0 Å². The van der Waals surface area contributed by atoms with Gasteiger partial charge >= 0.3 is 6.01 Å². The van der Waals surface area contributed by atoms with Crippen molar-refractivity contribution in [1.82, 2.24) is 10.1 Å². The average molecular weight is 239 g/mol. The molecule has 5 nitrogen and oxygen atoms in total. The molecule has 1 aromatic rings. The quantitative estimate of drug-likeness (QED) is 0.805. The largest absolute Gasteiger partial charge is 0.384 e. The van der Waals surface area contributed by atoms with Crippen molar-refractivity contribution in [3.8, 4) is 0 Å². The lowest BCUT2D eigenvalue weighted by molar-refractivity contribution is 0.138. The van der Waals surface area contributed by atoms with Crippen LogP contribution < -0.4 is 4.90 Å². The van der Waals surface area contributed by atoms with Gasteiger partial charge in [-0.3, -0.25) is 0 Å². The predicted molar refractivity (Wildman–Crippen MR) is 65.2 cm³/mol. The van der Waals surface area contributed by atoms with Gasteiger partial charge in [0.2, 0.25) is 0 Å². The first kappa shape index (κ1) is 12.4. The minimum atomic E-state index is 0.318. The lowest BCUT2D eigenvalue weighted by Gasteiger charge is -2.29. The van der Waals surface area contributed by atoms with Crippen LogP contribution in [0.1, 0.15) is 38.4 Å². The zero-order valence-electron chi connectivity index (χ0n) is 10.8. The van der Waals surface area contributed by atoms with Crippen LogP contribution in [0, 0.1) is 5.92 Å². The number of methoxy groups -OCH3 is 1. The van der Waals surface area contributed by atoms with Crippen LogP contribution in [-0.2, 0) is 4.74 Å². The van der Waals surface area contributed by atoms with Gasteiger partial charge < -0.3 is 14.2 Å². The Labute approximate surface area is 102 Å². The van der Waals surface area contributed by atoms with Crippen molar-refractivity contribution in [2.45, 2.75) is 32.6 Å². The summed E-state index contributed by atoms with van der Waals surface area (Å²) in [6, 6.07) is 0.671. The number of anilines is 1. The summed E-state index contributed by atoms with van der Waals surface area (Å²) in [4.78, 5) is 6.59. The maximum absolute atomic E-state index is 5.29. The highest BCUT2D eigenvalue weighted by Crippen LogP contribution is 2.23. The molecular formula is C12H21N3O2. The van der Waals surface area contributed by atoms with Crippen LogP contribution in [0.2, 0.25) is 0 Å². The minimum absolute atomic E-state index is 0.318. The molecule has 0 N–H and O–H groups in total. The molecule has 0 aliphatic carbocycles. The molecule has 0 bridgehead atoms. The van der Waals surface area contributed by atoms with E-state index >= 15 is 0 Å². The van der Waals surface area contributed by atoms with Crippen LogP contribution in [0.5, 0.6) is 0 Å². The first-order valence-corrected chi connectivity index (χ1v) is 6.28. The fourth-order valence-electron chi connectivity index (χ4n) is 2.12. The molecule has 1 saturated heterocycles. The fraction of sp³-hybridized carbons (Fsp3) is 0.833. The van der Waals surface area contributed by atoms with Crippen molar-refractivity contribution < 1.29 is 9.26 Å². The Kier molecular flexibility index (Phi) is 3.99. The van der Waals surface area contributed by atoms with E-state index in [9.17, 15) is 0 Å².